The molecule has 2 aromatic rings. The Morgan fingerprint density at radius 1 is 1.11 bits per heavy atom. The first-order valence-corrected chi connectivity index (χ1v) is 9.47. The van der Waals surface area contributed by atoms with Gasteiger partial charge >= 0.3 is 0 Å². The Balaban J connectivity index is 1.96. The molecule has 1 N–H and O–H groups in total. The first kappa shape index (κ1) is 19.9. The lowest BCUT2D eigenvalue weighted by molar-refractivity contribution is -0.117. The Morgan fingerprint density at radius 2 is 1.79 bits per heavy atom. The quantitative estimate of drug-likeness (QED) is 0.569. The van der Waals surface area contributed by atoms with Crippen molar-refractivity contribution in [2.75, 3.05) is 12.1 Å². The van der Waals surface area contributed by atoms with Gasteiger partial charge < -0.3 is 9.47 Å². The van der Waals surface area contributed by atoms with E-state index in [1.165, 1.54) is 11.1 Å². The smallest absolute Gasteiger partial charge is 0.282 e. The standard InChI is InChI=1S/C21H21BrN2O4/c1-21(2,3)28-18-16(22)11-13(12-17(18)27-4)10-15-19(25)23-24(20(15)26)14-8-6-5-7-9-14/h5-12H,1-4H3,(H,23,25)/b15-10-. The van der Waals surface area contributed by atoms with Crippen LogP contribution in [0.2, 0.25) is 0 Å². The highest BCUT2D eigenvalue weighted by molar-refractivity contribution is 9.10. The number of halogens is 1. The summed E-state index contributed by atoms with van der Waals surface area (Å²) in [4.78, 5) is 25.1. The van der Waals surface area contributed by atoms with Crippen LogP contribution in [-0.2, 0) is 9.59 Å². The summed E-state index contributed by atoms with van der Waals surface area (Å²) in [5, 5.41) is 1.23. The lowest BCUT2D eigenvalue weighted by Crippen LogP contribution is -2.35. The molecule has 0 bridgehead atoms. The Labute approximate surface area is 172 Å². The van der Waals surface area contributed by atoms with E-state index in [1.807, 2.05) is 26.8 Å². The summed E-state index contributed by atoms with van der Waals surface area (Å²) >= 11 is 3.49. The minimum absolute atomic E-state index is 0.0438. The summed E-state index contributed by atoms with van der Waals surface area (Å²) in [7, 11) is 1.54. The highest BCUT2D eigenvalue weighted by Gasteiger charge is 2.34. The third-order valence-corrected chi connectivity index (χ3v) is 4.47. The molecule has 0 aromatic heterocycles. The topological polar surface area (TPSA) is 67.9 Å². The van der Waals surface area contributed by atoms with Crippen molar-refractivity contribution >= 4 is 39.5 Å². The van der Waals surface area contributed by atoms with Gasteiger partial charge in [-0.1, -0.05) is 18.2 Å². The van der Waals surface area contributed by atoms with E-state index in [9.17, 15) is 9.59 Å². The molecule has 3 rings (SSSR count). The maximum Gasteiger partial charge on any atom is 0.282 e. The highest BCUT2D eigenvalue weighted by atomic mass is 79.9. The van der Waals surface area contributed by atoms with Gasteiger partial charge in [-0.05, 0) is 72.6 Å². The lowest BCUT2D eigenvalue weighted by Gasteiger charge is -2.24. The van der Waals surface area contributed by atoms with Gasteiger partial charge in [0, 0.05) is 0 Å². The molecular formula is C21H21BrN2O4. The molecule has 28 heavy (non-hydrogen) atoms. The Bertz CT molecular complexity index is 949. The van der Waals surface area contributed by atoms with E-state index < -0.39 is 17.4 Å². The molecule has 1 heterocycles. The molecule has 1 aliphatic heterocycles. The zero-order valence-electron chi connectivity index (χ0n) is 16.1. The van der Waals surface area contributed by atoms with Gasteiger partial charge in [0.1, 0.15) is 11.2 Å². The van der Waals surface area contributed by atoms with Gasteiger partial charge in [-0.2, -0.15) is 0 Å². The summed E-state index contributed by atoms with van der Waals surface area (Å²) in [5.41, 5.74) is 3.45. The Hall–Kier alpha value is -2.80. The number of para-hydroxylation sites is 1. The number of nitrogens with one attached hydrogen (secondary N) is 1. The lowest BCUT2D eigenvalue weighted by atomic mass is 10.1. The number of benzene rings is 2. The van der Waals surface area contributed by atoms with Crippen LogP contribution in [0.15, 0.2) is 52.5 Å². The molecule has 146 valence electrons. The van der Waals surface area contributed by atoms with E-state index in [-0.39, 0.29) is 5.57 Å². The second-order valence-corrected chi connectivity index (χ2v) is 8.08. The number of carbonyl (C=O) groups is 2. The molecule has 1 aliphatic rings. The fourth-order valence-corrected chi connectivity index (χ4v) is 3.25. The van der Waals surface area contributed by atoms with Crippen molar-refractivity contribution < 1.29 is 19.1 Å². The fraction of sp³-hybridized carbons (Fsp3) is 0.238. The van der Waals surface area contributed by atoms with Crippen molar-refractivity contribution in [3.05, 3.63) is 58.1 Å². The van der Waals surface area contributed by atoms with E-state index in [4.69, 9.17) is 9.47 Å². The van der Waals surface area contributed by atoms with Crippen molar-refractivity contribution in [3.63, 3.8) is 0 Å². The number of rotatable bonds is 4. The molecule has 0 atom stereocenters. The average Bonchev–Trinajstić information content (AvgIpc) is 2.91. The van der Waals surface area contributed by atoms with E-state index in [0.29, 0.717) is 27.2 Å². The number of nitrogens with zero attached hydrogens (tertiary/aromatic N) is 1. The van der Waals surface area contributed by atoms with Crippen LogP contribution in [0.1, 0.15) is 26.3 Å². The van der Waals surface area contributed by atoms with Crippen molar-refractivity contribution in [1.82, 2.24) is 5.43 Å². The number of hydrazine groups is 1. The summed E-state index contributed by atoms with van der Waals surface area (Å²) in [6.45, 7) is 5.82. The first-order valence-electron chi connectivity index (χ1n) is 8.68. The first-order chi connectivity index (χ1) is 13.2. The second kappa shape index (κ2) is 7.67. The number of anilines is 1. The Kier molecular flexibility index (Phi) is 5.47. The van der Waals surface area contributed by atoms with Gasteiger partial charge in [-0.25, -0.2) is 5.01 Å². The number of hydrogen-bond acceptors (Lipinski definition) is 4. The van der Waals surface area contributed by atoms with Crippen molar-refractivity contribution in [2.45, 2.75) is 26.4 Å². The molecule has 7 heteroatoms. The number of amides is 2. The predicted octanol–water partition coefficient (Wildman–Crippen LogP) is 4.10. The molecule has 1 fully saturated rings. The average molecular weight is 445 g/mol. The molecule has 0 saturated carbocycles. The van der Waals surface area contributed by atoms with Crippen LogP contribution in [0.25, 0.3) is 6.08 Å². The summed E-state index contributed by atoms with van der Waals surface area (Å²) in [6, 6.07) is 12.4. The van der Waals surface area contributed by atoms with Crippen LogP contribution in [-0.4, -0.2) is 24.5 Å². The van der Waals surface area contributed by atoms with Crippen LogP contribution in [0.4, 0.5) is 5.69 Å². The van der Waals surface area contributed by atoms with Crippen LogP contribution in [0, 0.1) is 0 Å². The molecule has 0 spiro atoms. The maximum atomic E-state index is 12.7. The van der Waals surface area contributed by atoms with Gasteiger partial charge in [-0.3, -0.25) is 15.0 Å². The molecule has 2 amide bonds. The Morgan fingerprint density at radius 3 is 2.39 bits per heavy atom. The molecular weight excluding hydrogens is 424 g/mol. The van der Waals surface area contributed by atoms with E-state index in [0.717, 1.165) is 0 Å². The number of ether oxygens (including phenoxy) is 2. The number of methoxy groups -OCH3 is 1. The van der Waals surface area contributed by atoms with Crippen LogP contribution < -0.4 is 19.9 Å². The van der Waals surface area contributed by atoms with Gasteiger partial charge in [0.05, 0.1) is 17.3 Å². The minimum Gasteiger partial charge on any atom is -0.493 e. The number of carbonyl (C=O) groups excluding carboxylic acids is 2. The van der Waals surface area contributed by atoms with Gasteiger partial charge in [-0.15, -0.1) is 0 Å². The zero-order chi connectivity index (χ0) is 20.5. The van der Waals surface area contributed by atoms with Crippen molar-refractivity contribution in [2.24, 2.45) is 0 Å². The van der Waals surface area contributed by atoms with Gasteiger partial charge in [0.25, 0.3) is 11.8 Å². The molecule has 0 aliphatic carbocycles. The highest BCUT2D eigenvalue weighted by Crippen LogP contribution is 2.39. The van der Waals surface area contributed by atoms with Crippen molar-refractivity contribution in [1.29, 1.82) is 0 Å². The van der Waals surface area contributed by atoms with Crippen LogP contribution in [0.5, 0.6) is 11.5 Å². The van der Waals surface area contributed by atoms with E-state index in [2.05, 4.69) is 21.4 Å². The zero-order valence-corrected chi connectivity index (χ0v) is 17.7. The summed E-state index contributed by atoms with van der Waals surface area (Å²) in [6.07, 6.45) is 1.54. The van der Waals surface area contributed by atoms with Crippen LogP contribution in [0.3, 0.4) is 0 Å². The molecule has 0 radical (unpaired) electrons. The molecule has 6 nitrogen and oxygen atoms in total. The van der Waals surface area contributed by atoms with Crippen molar-refractivity contribution in [3.8, 4) is 11.5 Å². The normalized spacial score (nSPS) is 15.8. The minimum atomic E-state index is -0.459. The number of hydrogen-bond donors (Lipinski definition) is 1. The maximum absolute atomic E-state index is 12.7. The van der Waals surface area contributed by atoms with E-state index >= 15 is 0 Å². The molecule has 2 aromatic carbocycles. The fourth-order valence-electron chi connectivity index (χ4n) is 2.71. The van der Waals surface area contributed by atoms with Crippen LogP contribution >= 0.6 is 15.9 Å². The van der Waals surface area contributed by atoms with E-state index in [1.54, 1.807) is 43.5 Å². The molecule has 1 saturated heterocycles. The second-order valence-electron chi connectivity index (χ2n) is 7.22. The summed E-state index contributed by atoms with van der Waals surface area (Å²) < 4.78 is 12.1. The monoisotopic (exact) mass is 444 g/mol. The largest absolute Gasteiger partial charge is 0.493 e. The van der Waals surface area contributed by atoms with Gasteiger partial charge in [0.15, 0.2) is 11.5 Å². The SMILES string of the molecule is COc1cc(/C=C2/C(=O)NN(c3ccccc3)C2=O)cc(Br)c1OC(C)(C)C. The van der Waals surface area contributed by atoms with Gasteiger partial charge in [0.2, 0.25) is 0 Å². The summed E-state index contributed by atoms with van der Waals surface area (Å²) in [5.74, 6) is 0.187. The third kappa shape index (κ3) is 4.20. The predicted molar refractivity (Wildman–Crippen MR) is 111 cm³/mol. The third-order valence-electron chi connectivity index (χ3n) is 3.88. The molecule has 0 unspecified atom stereocenters.